The molecule has 0 bridgehead atoms. The zero-order valence-corrected chi connectivity index (χ0v) is 16.7. The maximum atomic E-state index is 12.0. The predicted octanol–water partition coefficient (Wildman–Crippen LogP) is 3.50. The number of aryl methyl sites for hydroxylation is 1. The maximum Gasteiger partial charge on any atom is 0.269 e. The van der Waals surface area contributed by atoms with E-state index in [0.29, 0.717) is 42.6 Å². The number of benzene rings is 1. The molecule has 0 saturated carbocycles. The lowest BCUT2D eigenvalue weighted by Gasteiger charge is -2.25. The molecule has 2 aromatic heterocycles. The fourth-order valence-corrected chi connectivity index (χ4v) is 3.39. The molecule has 1 aliphatic heterocycles. The van der Waals surface area contributed by atoms with Crippen LogP contribution in [0.25, 0.3) is 11.5 Å². The first kappa shape index (κ1) is 20.0. The summed E-state index contributed by atoms with van der Waals surface area (Å²) >= 11 is 0. The summed E-state index contributed by atoms with van der Waals surface area (Å²) in [5.74, 6) is 1.52. The lowest BCUT2D eigenvalue weighted by molar-refractivity contribution is -0.384. The molecule has 4 rings (SSSR count). The third-order valence-electron chi connectivity index (χ3n) is 4.99. The summed E-state index contributed by atoms with van der Waals surface area (Å²) in [7, 11) is 0. The standard InChI is InChI=1S/C21H18N6O4/c1-13-11-23-21(24-15-2-4-16(5-3-15)27(29)30)25-20(13)18-10-14-12-26(19(28)6-8-22)9-7-17(14)31-18/h2-5,10-11H,6-7,9,12H2,1H3,(H,23,24,25). The van der Waals surface area contributed by atoms with Gasteiger partial charge in [-0.05, 0) is 30.7 Å². The first-order chi connectivity index (χ1) is 14.9. The number of anilines is 2. The van der Waals surface area contributed by atoms with Crippen LogP contribution < -0.4 is 5.32 Å². The molecule has 0 aliphatic carbocycles. The van der Waals surface area contributed by atoms with Gasteiger partial charge in [-0.1, -0.05) is 0 Å². The van der Waals surface area contributed by atoms with E-state index in [1.807, 2.05) is 19.1 Å². The average molecular weight is 418 g/mol. The van der Waals surface area contributed by atoms with Crippen molar-refractivity contribution >= 4 is 23.2 Å². The fraction of sp³-hybridized carbons (Fsp3) is 0.238. The summed E-state index contributed by atoms with van der Waals surface area (Å²) in [5.41, 5.74) is 2.95. The number of furan rings is 1. The van der Waals surface area contributed by atoms with Crippen LogP contribution in [0.1, 0.15) is 23.3 Å². The van der Waals surface area contributed by atoms with Crippen molar-refractivity contribution in [1.82, 2.24) is 14.9 Å². The van der Waals surface area contributed by atoms with Crippen molar-refractivity contribution < 1.29 is 14.1 Å². The van der Waals surface area contributed by atoms with Crippen molar-refractivity contribution in [2.24, 2.45) is 0 Å². The average Bonchev–Trinajstić information content (AvgIpc) is 3.18. The summed E-state index contributed by atoms with van der Waals surface area (Å²) in [4.78, 5) is 32.8. The summed E-state index contributed by atoms with van der Waals surface area (Å²) < 4.78 is 6.01. The SMILES string of the molecule is Cc1cnc(Nc2ccc([N+](=O)[O-])cc2)nc1-c1cc2c(o1)CCN(C(=O)CC#N)C2. The van der Waals surface area contributed by atoms with Gasteiger partial charge in [-0.15, -0.1) is 0 Å². The molecule has 1 amide bonds. The van der Waals surface area contributed by atoms with Gasteiger partial charge in [-0.3, -0.25) is 14.9 Å². The normalized spacial score (nSPS) is 12.7. The summed E-state index contributed by atoms with van der Waals surface area (Å²) in [5, 5.41) is 22.6. The Morgan fingerprint density at radius 3 is 2.87 bits per heavy atom. The van der Waals surface area contributed by atoms with Crippen LogP contribution in [0.3, 0.4) is 0 Å². The third kappa shape index (κ3) is 4.20. The Hall–Kier alpha value is -4.26. The lowest BCUT2D eigenvalue weighted by atomic mass is 10.1. The number of nitrogens with one attached hydrogen (secondary N) is 1. The van der Waals surface area contributed by atoms with Gasteiger partial charge in [0.25, 0.3) is 5.69 Å². The monoisotopic (exact) mass is 418 g/mol. The Balaban J connectivity index is 1.56. The molecule has 0 atom stereocenters. The van der Waals surface area contributed by atoms with Gasteiger partial charge >= 0.3 is 0 Å². The number of nitro benzene ring substituents is 1. The Morgan fingerprint density at radius 1 is 1.39 bits per heavy atom. The second kappa shape index (κ2) is 8.23. The molecule has 1 aliphatic rings. The summed E-state index contributed by atoms with van der Waals surface area (Å²) in [6.45, 7) is 2.78. The first-order valence-electron chi connectivity index (χ1n) is 9.56. The van der Waals surface area contributed by atoms with E-state index < -0.39 is 4.92 Å². The van der Waals surface area contributed by atoms with Crippen molar-refractivity contribution in [1.29, 1.82) is 5.26 Å². The highest BCUT2D eigenvalue weighted by Crippen LogP contribution is 2.31. The lowest BCUT2D eigenvalue weighted by Crippen LogP contribution is -2.35. The van der Waals surface area contributed by atoms with E-state index in [4.69, 9.17) is 9.68 Å². The highest BCUT2D eigenvalue weighted by atomic mass is 16.6. The Morgan fingerprint density at radius 2 is 2.16 bits per heavy atom. The van der Waals surface area contributed by atoms with Crippen molar-refractivity contribution in [2.75, 3.05) is 11.9 Å². The van der Waals surface area contributed by atoms with Crippen LogP contribution in [-0.2, 0) is 17.8 Å². The smallest absolute Gasteiger partial charge is 0.269 e. The molecule has 156 valence electrons. The van der Waals surface area contributed by atoms with Gasteiger partial charge in [0.1, 0.15) is 17.9 Å². The van der Waals surface area contributed by atoms with Crippen molar-refractivity contribution in [2.45, 2.75) is 26.3 Å². The first-order valence-corrected chi connectivity index (χ1v) is 9.56. The van der Waals surface area contributed by atoms with Crippen LogP contribution in [0.15, 0.2) is 40.9 Å². The van der Waals surface area contributed by atoms with E-state index in [-0.39, 0.29) is 18.0 Å². The minimum atomic E-state index is -0.460. The van der Waals surface area contributed by atoms with E-state index in [2.05, 4.69) is 15.3 Å². The number of nitriles is 1. The van der Waals surface area contributed by atoms with Gasteiger partial charge in [0.05, 0.1) is 11.0 Å². The second-order valence-electron chi connectivity index (χ2n) is 7.11. The molecule has 3 heterocycles. The topological polar surface area (TPSA) is 138 Å². The predicted molar refractivity (Wildman–Crippen MR) is 110 cm³/mol. The number of carbonyl (C=O) groups excluding carboxylic acids is 1. The minimum Gasteiger partial charge on any atom is -0.459 e. The number of hydrogen-bond acceptors (Lipinski definition) is 8. The molecular weight excluding hydrogens is 400 g/mol. The molecule has 1 N–H and O–H groups in total. The van der Waals surface area contributed by atoms with Crippen LogP contribution in [0.2, 0.25) is 0 Å². The molecule has 0 radical (unpaired) electrons. The molecule has 31 heavy (non-hydrogen) atoms. The summed E-state index contributed by atoms with van der Waals surface area (Å²) in [6, 6.07) is 9.72. The van der Waals surface area contributed by atoms with Gasteiger partial charge in [0.2, 0.25) is 11.9 Å². The molecule has 1 aromatic carbocycles. The van der Waals surface area contributed by atoms with Gasteiger partial charge in [-0.25, -0.2) is 9.97 Å². The third-order valence-corrected chi connectivity index (χ3v) is 4.99. The number of aromatic nitrogens is 2. The van der Waals surface area contributed by atoms with Gasteiger partial charge in [0.15, 0.2) is 5.76 Å². The van der Waals surface area contributed by atoms with Gasteiger partial charge in [-0.2, -0.15) is 5.26 Å². The van der Waals surface area contributed by atoms with Crippen molar-refractivity contribution in [3.05, 3.63) is 63.5 Å². The number of amides is 1. The number of hydrogen-bond donors (Lipinski definition) is 1. The van der Waals surface area contributed by atoms with Crippen LogP contribution in [0.4, 0.5) is 17.3 Å². The maximum absolute atomic E-state index is 12.0. The zero-order chi connectivity index (χ0) is 22.0. The number of nitro groups is 1. The number of fused-ring (bicyclic) bond motifs is 1. The molecule has 10 heteroatoms. The van der Waals surface area contributed by atoms with E-state index in [1.54, 1.807) is 23.2 Å². The van der Waals surface area contributed by atoms with E-state index in [1.165, 1.54) is 12.1 Å². The van der Waals surface area contributed by atoms with Crippen molar-refractivity contribution in [3.8, 4) is 17.5 Å². The Labute approximate surface area is 177 Å². The molecule has 0 saturated heterocycles. The molecule has 0 fully saturated rings. The van der Waals surface area contributed by atoms with Gasteiger partial charge < -0.3 is 14.6 Å². The quantitative estimate of drug-likeness (QED) is 0.491. The molecular formula is C21H18N6O4. The van der Waals surface area contributed by atoms with Crippen LogP contribution in [-0.4, -0.2) is 32.2 Å². The van der Waals surface area contributed by atoms with E-state index in [0.717, 1.165) is 16.9 Å². The van der Waals surface area contributed by atoms with Crippen molar-refractivity contribution in [3.63, 3.8) is 0 Å². The number of carbonyl (C=O) groups is 1. The van der Waals surface area contributed by atoms with E-state index in [9.17, 15) is 14.9 Å². The largest absolute Gasteiger partial charge is 0.459 e. The zero-order valence-electron chi connectivity index (χ0n) is 16.7. The fourth-order valence-electron chi connectivity index (χ4n) is 3.39. The molecule has 3 aromatic rings. The molecule has 0 spiro atoms. The second-order valence-corrected chi connectivity index (χ2v) is 7.11. The minimum absolute atomic E-state index is 0.000440. The number of nitrogens with zero attached hydrogens (tertiary/aromatic N) is 5. The molecule has 10 nitrogen and oxygen atoms in total. The summed E-state index contributed by atoms with van der Waals surface area (Å²) in [6.07, 6.45) is 2.10. The van der Waals surface area contributed by atoms with Crippen LogP contribution in [0, 0.1) is 28.4 Å². The Kier molecular flexibility index (Phi) is 5.32. The Bertz CT molecular complexity index is 1200. The van der Waals surface area contributed by atoms with Crippen LogP contribution >= 0.6 is 0 Å². The highest BCUT2D eigenvalue weighted by molar-refractivity contribution is 5.78. The van der Waals surface area contributed by atoms with E-state index >= 15 is 0 Å². The molecule has 0 unspecified atom stereocenters. The highest BCUT2D eigenvalue weighted by Gasteiger charge is 2.25. The number of rotatable bonds is 5. The van der Waals surface area contributed by atoms with Gasteiger partial charge in [0, 0.05) is 49.1 Å². The number of non-ortho nitro benzene ring substituents is 1. The van der Waals surface area contributed by atoms with Crippen LogP contribution in [0.5, 0.6) is 0 Å².